The van der Waals surface area contributed by atoms with E-state index in [0.717, 1.165) is 17.1 Å². The van der Waals surface area contributed by atoms with E-state index in [-0.39, 0.29) is 44.2 Å². The van der Waals surface area contributed by atoms with Crippen LogP contribution >= 0.6 is 0 Å². The minimum atomic E-state index is -2.55. The van der Waals surface area contributed by atoms with E-state index < -0.39 is 5.92 Å². The first kappa shape index (κ1) is 22.1. The number of fused-ring (bicyclic) bond motifs is 1. The Morgan fingerprint density at radius 1 is 1.27 bits per heavy atom. The minimum absolute atomic E-state index is 0. The molecule has 1 atom stereocenters. The smallest absolute Gasteiger partial charge is 0.252 e. The van der Waals surface area contributed by atoms with E-state index >= 15 is 0 Å². The Labute approximate surface area is 175 Å². The number of hydrogen-bond donors (Lipinski definition) is 1. The summed E-state index contributed by atoms with van der Waals surface area (Å²) in [6.45, 7) is 5.88. The van der Waals surface area contributed by atoms with Crippen LogP contribution in [0.5, 0.6) is 0 Å². The molecule has 2 aromatic heterocycles. The van der Waals surface area contributed by atoms with Gasteiger partial charge in [0.05, 0.1) is 17.9 Å². The molecule has 0 unspecified atom stereocenters. The van der Waals surface area contributed by atoms with Gasteiger partial charge in [-0.25, -0.2) is 18.7 Å². The molecule has 164 valence electrons. The number of likely N-dealkylation sites (N-methyl/N-ethyl adjacent to an activating group) is 1. The Bertz CT molecular complexity index is 934. The summed E-state index contributed by atoms with van der Waals surface area (Å²) in [6.07, 6.45) is 4.56. The average molecular weight is 421 g/mol. The number of anilines is 2. The first-order valence-electron chi connectivity index (χ1n) is 9.96. The molecular weight excluding hydrogens is 390 g/mol. The maximum Gasteiger partial charge on any atom is 0.252 e. The summed E-state index contributed by atoms with van der Waals surface area (Å²) in [5.74, 6) is -1.02. The summed E-state index contributed by atoms with van der Waals surface area (Å²) in [7, 11) is 1.89. The lowest BCUT2D eigenvalue weighted by atomic mass is 9.88. The lowest BCUT2D eigenvalue weighted by Crippen LogP contribution is -2.49. The molecule has 9 heteroatoms. The predicted molar refractivity (Wildman–Crippen MR) is 112 cm³/mol. The zero-order valence-corrected chi connectivity index (χ0v) is 17.1. The quantitative estimate of drug-likeness (QED) is 0.797. The van der Waals surface area contributed by atoms with Crippen LogP contribution in [-0.2, 0) is 17.6 Å². The van der Waals surface area contributed by atoms with E-state index in [9.17, 15) is 13.6 Å². The summed E-state index contributed by atoms with van der Waals surface area (Å²) in [5.41, 5.74) is 2.37. The molecule has 1 saturated carbocycles. The molecule has 1 fully saturated rings. The molecular formula is C21H30F2N6O. The van der Waals surface area contributed by atoms with Crippen molar-refractivity contribution in [1.82, 2.24) is 19.7 Å². The number of carbonyl (C=O) groups excluding carboxylic acids is 1. The average Bonchev–Trinajstić information content (AvgIpc) is 3.07. The van der Waals surface area contributed by atoms with E-state index in [1.165, 1.54) is 0 Å². The lowest BCUT2D eigenvalue weighted by Gasteiger charge is -2.36. The number of hydrogen-bond acceptors (Lipinski definition) is 5. The molecule has 0 radical (unpaired) electrons. The molecule has 0 bridgehead atoms. The van der Waals surface area contributed by atoms with Crippen molar-refractivity contribution < 1.29 is 13.6 Å². The van der Waals surface area contributed by atoms with Crippen LogP contribution in [0.1, 0.15) is 57.2 Å². The third-order valence-corrected chi connectivity index (χ3v) is 5.75. The van der Waals surface area contributed by atoms with E-state index in [1.807, 2.05) is 38.9 Å². The summed E-state index contributed by atoms with van der Waals surface area (Å²) in [6, 6.07) is -0.491. The van der Waals surface area contributed by atoms with Crippen LogP contribution in [-0.4, -0.2) is 44.7 Å². The van der Waals surface area contributed by atoms with Gasteiger partial charge in [0.1, 0.15) is 17.6 Å². The monoisotopic (exact) mass is 420 g/mol. The molecule has 0 saturated heterocycles. The van der Waals surface area contributed by atoms with Gasteiger partial charge in [0.15, 0.2) is 5.82 Å². The lowest BCUT2D eigenvalue weighted by molar-refractivity contribution is -0.118. The van der Waals surface area contributed by atoms with Gasteiger partial charge < -0.3 is 10.2 Å². The molecule has 1 N–H and O–H groups in total. The second-order valence-corrected chi connectivity index (χ2v) is 8.46. The van der Waals surface area contributed by atoms with Gasteiger partial charge in [0.2, 0.25) is 5.91 Å². The van der Waals surface area contributed by atoms with Crippen LogP contribution in [0.25, 0.3) is 0 Å². The standard InChI is InChI=1S/C20H26F2N6O.CH4/c1-11(2)17-19(29)26-16-12(3)24-15(25-18(16)27(17)4)6-5-13-9-23-28(10-13)14-7-20(21,22)8-14;/h9-11,14,17H,5-8H2,1-4H3,(H,26,29);1H4/t17-;/m0./s1. The molecule has 7 nitrogen and oxygen atoms in total. The summed E-state index contributed by atoms with van der Waals surface area (Å²) in [4.78, 5) is 23.6. The molecule has 1 aliphatic carbocycles. The van der Waals surface area contributed by atoms with E-state index in [1.54, 1.807) is 10.9 Å². The summed E-state index contributed by atoms with van der Waals surface area (Å²) < 4.78 is 27.8. The Morgan fingerprint density at radius 2 is 1.97 bits per heavy atom. The molecule has 1 amide bonds. The Morgan fingerprint density at radius 3 is 2.60 bits per heavy atom. The molecule has 3 heterocycles. The maximum atomic E-state index is 13.1. The predicted octanol–water partition coefficient (Wildman–Crippen LogP) is 3.79. The Hall–Kier alpha value is -2.58. The first-order valence-corrected chi connectivity index (χ1v) is 9.96. The highest BCUT2D eigenvalue weighted by molar-refractivity contribution is 6.03. The van der Waals surface area contributed by atoms with Gasteiger partial charge in [0, 0.05) is 32.5 Å². The number of amides is 1. The third-order valence-electron chi connectivity index (χ3n) is 5.75. The zero-order chi connectivity index (χ0) is 20.9. The van der Waals surface area contributed by atoms with Crippen molar-refractivity contribution in [1.29, 1.82) is 0 Å². The van der Waals surface area contributed by atoms with E-state index in [2.05, 4.69) is 15.4 Å². The number of aryl methyl sites for hydroxylation is 3. The number of carbonyl (C=O) groups is 1. The number of alkyl halides is 2. The van der Waals surface area contributed by atoms with Crippen molar-refractivity contribution in [2.75, 3.05) is 17.3 Å². The molecule has 0 aromatic carbocycles. The summed E-state index contributed by atoms with van der Waals surface area (Å²) >= 11 is 0. The van der Waals surface area contributed by atoms with Crippen molar-refractivity contribution in [3.05, 3.63) is 29.5 Å². The number of halogens is 2. The number of nitrogens with one attached hydrogen (secondary N) is 1. The fourth-order valence-electron chi connectivity index (χ4n) is 4.16. The van der Waals surface area contributed by atoms with Crippen molar-refractivity contribution in [3.8, 4) is 0 Å². The highest BCUT2D eigenvalue weighted by atomic mass is 19.3. The van der Waals surface area contributed by atoms with Crippen molar-refractivity contribution >= 4 is 17.4 Å². The van der Waals surface area contributed by atoms with Gasteiger partial charge in [0.25, 0.3) is 5.92 Å². The van der Waals surface area contributed by atoms with Gasteiger partial charge in [-0.1, -0.05) is 21.3 Å². The van der Waals surface area contributed by atoms with Gasteiger partial charge in [-0.2, -0.15) is 5.10 Å². The molecule has 1 aliphatic heterocycles. The van der Waals surface area contributed by atoms with E-state index in [4.69, 9.17) is 4.98 Å². The number of nitrogens with zero attached hydrogens (tertiary/aromatic N) is 5. The third kappa shape index (κ3) is 4.02. The largest absolute Gasteiger partial charge is 0.346 e. The topological polar surface area (TPSA) is 75.9 Å². The Kier molecular flexibility index (Phi) is 5.84. The number of aromatic nitrogens is 4. The van der Waals surface area contributed by atoms with Crippen LogP contribution in [0.2, 0.25) is 0 Å². The van der Waals surface area contributed by atoms with Crippen molar-refractivity contribution in [2.45, 2.75) is 71.9 Å². The van der Waals surface area contributed by atoms with Crippen molar-refractivity contribution in [3.63, 3.8) is 0 Å². The second-order valence-electron chi connectivity index (χ2n) is 8.46. The minimum Gasteiger partial charge on any atom is -0.346 e. The molecule has 30 heavy (non-hydrogen) atoms. The maximum absolute atomic E-state index is 13.1. The molecule has 0 spiro atoms. The van der Waals surface area contributed by atoms with Crippen LogP contribution in [0.15, 0.2) is 12.4 Å². The SMILES string of the molecule is C.Cc1nc(CCc2cnn(C3CC(F)(F)C3)c2)nc2c1NC(=O)[C@H](C(C)C)N2C. The Balaban J connectivity index is 0.00000256. The van der Waals surface area contributed by atoms with Crippen molar-refractivity contribution in [2.24, 2.45) is 5.92 Å². The molecule has 4 rings (SSSR count). The second kappa shape index (κ2) is 7.92. The van der Waals surface area contributed by atoms with Gasteiger partial charge in [-0.05, 0) is 24.8 Å². The van der Waals surface area contributed by atoms with Crippen LogP contribution < -0.4 is 10.2 Å². The van der Waals surface area contributed by atoms with E-state index in [0.29, 0.717) is 24.4 Å². The number of rotatable bonds is 5. The fourth-order valence-corrected chi connectivity index (χ4v) is 4.16. The molecule has 2 aliphatic rings. The van der Waals surface area contributed by atoms with Crippen LogP contribution in [0, 0.1) is 12.8 Å². The highest BCUT2D eigenvalue weighted by Crippen LogP contribution is 2.45. The van der Waals surface area contributed by atoms with Gasteiger partial charge >= 0.3 is 0 Å². The van der Waals surface area contributed by atoms with Crippen LogP contribution in [0.3, 0.4) is 0 Å². The summed E-state index contributed by atoms with van der Waals surface area (Å²) in [5, 5.41) is 7.19. The highest BCUT2D eigenvalue weighted by Gasteiger charge is 2.46. The fraction of sp³-hybridized carbons (Fsp3) is 0.619. The molecule has 2 aromatic rings. The van der Waals surface area contributed by atoms with Crippen LogP contribution in [0.4, 0.5) is 20.3 Å². The first-order chi connectivity index (χ1) is 13.6. The van der Waals surface area contributed by atoms with Gasteiger partial charge in [-0.15, -0.1) is 0 Å². The van der Waals surface area contributed by atoms with Gasteiger partial charge in [-0.3, -0.25) is 9.48 Å². The zero-order valence-electron chi connectivity index (χ0n) is 17.1. The normalized spacial score (nSPS) is 20.4.